The Morgan fingerprint density at radius 1 is 0.479 bits per heavy atom. The largest absolute Gasteiger partial charge is 0.378 e. The van der Waals surface area contributed by atoms with Gasteiger partial charge in [-0.05, 0) is 49.9 Å². The number of imide groups is 2. The fourth-order valence-corrected chi connectivity index (χ4v) is 6.27. The van der Waals surface area contributed by atoms with Gasteiger partial charge in [-0.25, -0.2) is 0 Å². The van der Waals surface area contributed by atoms with E-state index in [1.54, 1.807) is 58.3 Å². The third-order valence-electron chi connectivity index (χ3n) is 9.03. The second kappa shape index (κ2) is 17.1. The van der Waals surface area contributed by atoms with Gasteiger partial charge in [0.2, 0.25) is 11.8 Å². The summed E-state index contributed by atoms with van der Waals surface area (Å²) < 4.78 is 11.6. The lowest BCUT2D eigenvalue weighted by Gasteiger charge is -2.26. The van der Waals surface area contributed by atoms with E-state index in [-0.39, 0.29) is 35.4 Å². The van der Waals surface area contributed by atoms with Crippen LogP contribution in [0.1, 0.15) is 92.8 Å². The van der Waals surface area contributed by atoms with Crippen LogP contribution in [0.25, 0.3) is 0 Å². The second-order valence-corrected chi connectivity index (χ2v) is 12.2. The molecule has 12 heteroatoms. The number of benzene rings is 2. The van der Waals surface area contributed by atoms with Crippen molar-refractivity contribution in [3.8, 4) is 0 Å². The summed E-state index contributed by atoms with van der Waals surface area (Å²) in [4.78, 5) is 82.1. The predicted octanol–water partition coefficient (Wildman–Crippen LogP) is 3.40. The van der Waals surface area contributed by atoms with Crippen LogP contribution in [0, 0.1) is 0 Å². The lowest BCUT2D eigenvalue weighted by Crippen LogP contribution is -2.40. The SMILES string of the molecule is O=C(CCCCCN1C(=O)c2ccccc2C1=O)N1CCOCCN(C(=O)CCCCCN2C(=O)c3ccccc3C2=O)CCOCC1. The van der Waals surface area contributed by atoms with Gasteiger partial charge in [0.25, 0.3) is 23.6 Å². The van der Waals surface area contributed by atoms with Crippen molar-refractivity contribution in [3.63, 3.8) is 0 Å². The molecule has 0 atom stereocenters. The van der Waals surface area contributed by atoms with E-state index < -0.39 is 0 Å². The minimum atomic E-state index is -0.256. The molecule has 1 saturated heterocycles. The van der Waals surface area contributed by atoms with Gasteiger partial charge in [0, 0.05) is 52.1 Å². The molecule has 3 heterocycles. The summed E-state index contributed by atoms with van der Waals surface area (Å²) in [5.74, 6) is -0.998. The first kappa shape index (κ1) is 34.9. The predicted molar refractivity (Wildman–Crippen MR) is 175 cm³/mol. The van der Waals surface area contributed by atoms with Crippen LogP contribution >= 0.6 is 0 Å². The fraction of sp³-hybridized carbons (Fsp3) is 0.500. The molecule has 5 rings (SSSR count). The summed E-state index contributed by atoms with van der Waals surface area (Å²) in [5.41, 5.74) is 1.79. The zero-order valence-electron chi connectivity index (χ0n) is 27.4. The second-order valence-electron chi connectivity index (χ2n) is 12.2. The van der Waals surface area contributed by atoms with Gasteiger partial charge in [0.05, 0.1) is 48.7 Å². The Morgan fingerprint density at radius 2 is 0.792 bits per heavy atom. The van der Waals surface area contributed by atoms with Crippen molar-refractivity contribution in [2.75, 3.05) is 65.7 Å². The molecule has 3 aliphatic heterocycles. The number of nitrogens with zero attached hydrogens (tertiary/aromatic N) is 4. The summed E-state index contributed by atoms with van der Waals surface area (Å²) in [6.45, 7) is 3.80. The van der Waals surface area contributed by atoms with Crippen molar-refractivity contribution >= 4 is 35.4 Å². The first-order valence-corrected chi connectivity index (χ1v) is 17.0. The van der Waals surface area contributed by atoms with Crippen LogP contribution < -0.4 is 0 Å². The van der Waals surface area contributed by atoms with E-state index >= 15 is 0 Å². The van der Waals surface area contributed by atoms with Crippen molar-refractivity contribution in [2.45, 2.75) is 51.4 Å². The van der Waals surface area contributed by atoms with E-state index in [1.165, 1.54) is 9.80 Å². The molecule has 0 bridgehead atoms. The van der Waals surface area contributed by atoms with Gasteiger partial charge >= 0.3 is 0 Å². The first-order valence-electron chi connectivity index (χ1n) is 17.0. The molecule has 256 valence electrons. The molecule has 0 saturated carbocycles. The van der Waals surface area contributed by atoms with E-state index in [0.29, 0.717) is 126 Å². The average molecular weight is 661 g/mol. The van der Waals surface area contributed by atoms with Crippen LogP contribution in [0.3, 0.4) is 0 Å². The number of rotatable bonds is 12. The lowest BCUT2D eigenvalue weighted by molar-refractivity contribution is -0.134. The summed E-state index contributed by atoms with van der Waals surface area (Å²) in [6, 6.07) is 13.7. The molecule has 2 aromatic carbocycles. The highest BCUT2D eigenvalue weighted by atomic mass is 16.5. The van der Waals surface area contributed by atoms with Crippen molar-refractivity contribution in [1.82, 2.24) is 19.6 Å². The van der Waals surface area contributed by atoms with Crippen LogP contribution in [0.15, 0.2) is 48.5 Å². The topological polar surface area (TPSA) is 134 Å². The van der Waals surface area contributed by atoms with E-state index in [2.05, 4.69) is 0 Å². The smallest absolute Gasteiger partial charge is 0.261 e. The lowest BCUT2D eigenvalue weighted by atomic mass is 10.1. The van der Waals surface area contributed by atoms with Crippen LogP contribution in [-0.2, 0) is 19.1 Å². The third-order valence-corrected chi connectivity index (χ3v) is 9.03. The minimum absolute atomic E-state index is 0.0137. The van der Waals surface area contributed by atoms with Crippen molar-refractivity contribution in [1.29, 1.82) is 0 Å². The molecule has 6 amide bonds. The molecule has 0 N–H and O–H groups in total. The summed E-state index contributed by atoms with van der Waals surface area (Å²) in [5, 5.41) is 0. The number of amides is 6. The highest BCUT2D eigenvalue weighted by molar-refractivity contribution is 6.22. The molecular weight excluding hydrogens is 616 g/mol. The van der Waals surface area contributed by atoms with Crippen LogP contribution in [0.4, 0.5) is 0 Å². The molecule has 3 aliphatic rings. The monoisotopic (exact) mass is 660 g/mol. The fourth-order valence-electron chi connectivity index (χ4n) is 6.27. The zero-order chi connectivity index (χ0) is 33.9. The van der Waals surface area contributed by atoms with E-state index in [4.69, 9.17) is 9.47 Å². The molecule has 0 unspecified atom stereocenters. The van der Waals surface area contributed by atoms with Crippen LogP contribution in [0.5, 0.6) is 0 Å². The van der Waals surface area contributed by atoms with Gasteiger partial charge in [0.15, 0.2) is 0 Å². The van der Waals surface area contributed by atoms with E-state index in [9.17, 15) is 28.8 Å². The Morgan fingerprint density at radius 3 is 1.10 bits per heavy atom. The molecule has 0 aliphatic carbocycles. The van der Waals surface area contributed by atoms with Crippen LogP contribution in [0.2, 0.25) is 0 Å². The zero-order valence-corrected chi connectivity index (χ0v) is 27.4. The average Bonchev–Trinajstić information content (AvgIpc) is 3.48. The number of fused-ring (bicyclic) bond motifs is 2. The maximum absolute atomic E-state index is 12.9. The van der Waals surface area contributed by atoms with Crippen molar-refractivity contribution in [2.24, 2.45) is 0 Å². The molecule has 0 radical (unpaired) electrons. The van der Waals surface area contributed by atoms with Crippen LogP contribution in [-0.4, -0.2) is 121 Å². The standard InChI is InChI=1S/C36H44N4O8/c41-31(15-3-1-9-17-39-33(43)27-11-5-6-12-28(27)34(39)44)37-19-23-47-25-21-38(22-26-48-24-20-37)32(42)16-4-2-10-18-40-35(45)29-13-7-8-14-30(29)36(40)46/h5-8,11-14H,1-4,9-10,15-26H2. The van der Waals surface area contributed by atoms with Gasteiger partial charge in [-0.2, -0.15) is 0 Å². The van der Waals surface area contributed by atoms with Gasteiger partial charge in [0.1, 0.15) is 0 Å². The Kier molecular flexibility index (Phi) is 12.4. The van der Waals surface area contributed by atoms with E-state index in [0.717, 1.165) is 12.8 Å². The molecular formula is C36H44N4O8. The number of hydrogen-bond donors (Lipinski definition) is 0. The summed E-state index contributed by atoms with van der Waals surface area (Å²) >= 11 is 0. The number of ether oxygens (including phenoxy) is 2. The van der Waals surface area contributed by atoms with Gasteiger partial charge in [-0.1, -0.05) is 37.1 Å². The number of hydrogen-bond acceptors (Lipinski definition) is 8. The molecule has 2 aromatic rings. The quantitative estimate of drug-likeness (QED) is 0.250. The van der Waals surface area contributed by atoms with E-state index in [1.807, 2.05) is 0 Å². The number of unbranched alkanes of at least 4 members (excludes halogenated alkanes) is 4. The molecule has 0 spiro atoms. The normalized spacial score (nSPS) is 17.3. The number of carbonyl (C=O) groups excluding carboxylic acids is 6. The Labute approximate surface area is 280 Å². The van der Waals surface area contributed by atoms with Gasteiger partial charge in [-0.3, -0.25) is 38.6 Å². The van der Waals surface area contributed by atoms with Crippen molar-refractivity contribution in [3.05, 3.63) is 70.8 Å². The molecule has 1 fully saturated rings. The molecule has 0 aromatic heterocycles. The Balaban J connectivity index is 0.941. The summed E-state index contributed by atoms with van der Waals surface area (Å²) in [7, 11) is 0. The van der Waals surface area contributed by atoms with Gasteiger partial charge in [-0.15, -0.1) is 0 Å². The highest BCUT2D eigenvalue weighted by Crippen LogP contribution is 2.24. The Bertz CT molecular complexity index is 1320. The molecule has 12 nitrogen and oxygen atoms in total. The molecule has 48 heavy (non-hydrogen) atoms. The third kappa shape index (κ3) is 8.53. The maximum Gasteiger partial charge on any atom is 0.261 e. The van der Waals surface area contributed by atoms with Crippen molar-refractivity contribution < 1.29 is 38.2 Å². The van der Waals surface area contributed by atoms with Gasteiger partial charge < -0.3 is 19.3 Å². The summed E-state index contributed by atoms with van der Waals surface area (Å²) in [6.07, 6.45) is 4.74. The number of carbonyl (C=O) groups is 6. The first-order chi connectivity index (χ1) is 23.4. The Hall–Kier alpha value is -4.42. The maximum atomic E-state index is 12.9. The minimum Gasteiger partial charge on any atom is -0.378 e. The highest BCUT2D eigenvalue weighted by Gasteiger charge is 2.35.